The molecule has 3 saturated carbocycles. The van der Waals surface area contributed by atoms with Gasteiger partial charge in [0, 0.05) is 41.1 Å². The minimum Gasteiger partial charge on any atom is -0.484 e. The number of carbonyl (C=O) groups is 2. The van der Waals surface area contributed by atoms with Gasteiger partial charge in [-0.25, -0.2) is 4.39 Å². The van der Waals surface area contributed by atoms with E-state index in [4.69, 9.17) is 21.1 Å². The summed E-state index contributed by atoms with van der Waals surface area (Å²) >= 11 is 6.04. The lowest BCUT2D eigenvalue weighted by Gasteiger charge is -2.70. The quantitative estimate of drug-likeness (QED) is 0.416. The van der Waals surface area contributed by atoms with Crippen LogP contribution < -0.4 is 20.1 Å². The summed E-state index contributed by atoms with van der Waals surface area (Å²) in [7, 11) is 0. The zero-order valence-electron chi connectivity index (χ0n) is 20.6. The molecule has 1 heterocycles. The Balaban J connectivity index is 1.13. The highest BCUT2D eigenvalue weighted by Crippen LogP contribution is 2.69. The average molecular weight is 555 g/mol. The third kappa shape index (κ3) is 5.61. The largest absolute Gasteiger partial charge is 0.484 e. The molecule has 2 bridgehead atoms. The fraction of sp³-hybridized carbons (Fsp3) is 0.481. The van der Waals surface area contributed by atoms with Gasteiger partial charge < -0.3 is 20.1 Å². The van der Waals surface area contributed by atoms with Crippen molar-refractivity contribution >= 4 is 23.3 Å². The molecule has 2 N–H and O–H groups in total. The topological polar surface area (TPSA) is 76.7 Å². The van der Waals surface area contributed by atoms with Crippen molar-refractivity contribution in [2.45, 2.75) is 62.9 Å². The first-order valence-corrected chi connectivity index (χ1v) is 12.7. The van der Waals surface area contributed by atoms with Crippen LogP contribution >= 0.6 is 11.6 Å². The summed E-state index contributed by atoms with van der Waals surface area (Å²) in [6.07, 6.45) is -3.09. The zero-order chi connectivity index (χ0) is 27.3. The number of fused-ring (bicyclic) bond motifs is 1. The molecule has 38 heavy (non-hydrogen) atoms. The summed E-state index contributed by atoms with van der Waals surface area (Å²) in [5.41, 5.74) is 0.348. The summed E-state index contributed by atoms with van der Waals surface area (Å²) in [5.74, 6) is -0.301. The maximum Gasteiger partial charge on any atom is 0.401 e. The Morgan fingerprint density at radius 2 is 1.89 bits per heavy atom. The van der Waals surface area contributed by atoms with Crippen LogP contribution in [0.2, 0.25) is 5.02 Å². The first-order chi connectivity index (χ1) is 17.8. The van der Waals surface area contributed by atoms with Crippen molar-refractivity contribution < 1.29 is 36.6 Å². The highest BCUT2D eigenvalue weighted by Gasteiger charge is 2.68. The maximum absolute atomic E-state index is 13.7. The Morgan fingerprint density at radius 3 is 2.58 bits per heavy atom. The molecule has 0 aromatic heterocycles. The number of aryl methyl sites for hydroxylation is 1. The lowest BCUT2D eigenvalue weighted by atomic mass is 9.38. The van der Waals surface area contributed by atoms with Crippen molar-refractivity contribution in [1.82, 2.24) is 10.6 Å². The van der Waals surface area contributed by atoms with E-state index < -0.39 is 30.7 Å². The van der Waals surface area contributed by atoms with E-state index in [0.29, 0.717) is 41.2 Å². The molecule has 0 saturated heterocycles. The predicted molar refractivity (Wildman–Crippen MR) is 131 cm³/mol. The third-order valence-corrected chi connectivity index (χ3v) is 7.82. The van der Waals surface area contributed by atoms with E-state index in [9.17, 15) is 27.2 Å². The van der Waals surface area contributed by atoms with E-state index in [1.165, 1.54) is 6.07 Å². The van der Waals surface area contributed by atoms with Crippen LogP contribution in [0.25, 0.3) is 0 Å². The maximum atomic E-state index is 13.7. The molecule has 1 aliphatic heterocycles. The molecule has 0 radical (unpaired) electrons. The average Bonchev–Trinajstić information content (AvgIpc) is 2.80. The van der Waals surface area contributed by atoms with Crippen molar-refractivity contribution in [1.29, 1.82) is 0 Å². The van der Waals surface area contributed by atoms with Crippen molar-refractivity contribution in [2.75, 3.05) is 13.2 Å². The van der Waals surface area contributed by atoms with E-state index in [1.54, 1.807) is 37.3 Å². The van der Waals surface area contributed by atoms with Crippen LogP contribution in [0, 0.1) is 18.2 Å². The minimum atomic E-state index is -4.40. The van der Waals surface area contributed by atoms with Gasteiger partial charge in [0.15, 0.2) is 18.5 Å². The van der Waals surface area contributed by atoms with Gasteiger partial charge in [-0.2, -0.15) is 13.2 Å². The molecule has 204 valence electrons. The molecule has 6 rings (SSSR count). The number of ether oxygens (including phenoxy) is 2. The van der Waals surface area contributed by atoms with E-state index in [1.807, 2.05) is 0 Å². The second-order valence-corrected chi connectivity index (χ2v) is 11.2. The number of amides is 1. The molecule has 2 aromatic rings. The number of benzene rings is 2. The Labute approximate surface area is 222 Å². The summed E-state index contributed by atoms with van der Waals surface area (Å²) in [6.45, 7) is 0.189. The molecule has 1 amide bonds. The lowest BCUT2D eigenvalue weighted by Crippen LogP contribution is -2.75. The van der Waals surface area contributed by atoms with E-state index in [2.05, 4.69) is 10.6 Å². The van der Waals surface area contributed by atoms with Crippen LogP contribution in [-0.2, 0) is 9.59 Å². The van der Waals surface area contributed by atoms with Crippen molar-refractivity contribution in [2.24, 2.45) is 5.41 Å². The molecule has 2 atom stereocenters. The van der Waals surface area contributed by atoms with Crippen LogP contribution in [0.5, 0.6) is 11.5 Å². The fourth-order valence-corrected chi connectivity index (χ4v) is 6.20. The normalized spacial score (nSPS) is 27.3. The first-order valence-electron chi connectivity index (χ1n) is 12.3. The molecule has 6 nitrogen and oxygen atoms in total. The summed E-state index contributed by atoms with van der Waals surface area (Å²) < 4.78 is 63.5. The second kappa shape index (κ2) is 9.72. The fourth-order valence-electron chi connectivity index (χ4n) is 6.02. The number of ketones is 1. The van der Waals surface area contributed by atoms with Gasteiger partial charge in [0.05, 0.1) is 6.54 Å². The predicted octanol–water partition coefficient (Wildman–Crippen LogP) is 5.21. The highest BCUT2D eigenvalue weighted by atomic mass is 35.5. The van der Waals surface area contributed by atoms with Gasteiger partial charge >= 0.3 is 6.18 Å². The van der Waals surface area contributed by atoms with Crippen molar-refractivity contribution in [3.8, 4) is 11.5 Å². The van der Waals surface area contributed by atoms with Gasteiger partial charge in [-0.3, -0.25) is 9.59 Å². The molecule has 3 fully saturated rings. The number of halogens is 5. The van der Waals surface area contributed by atoms with Crippen LogP contribution in [0.15, 0.2) is 36.4 Å². The van der Waals surface area contributed by atoms with Crippen LogP contribution in [0.1, 0.15) is 49.3 Å². The zero-order valence-corrected chi connectivity index (χ0v) is 21.3. The SMILES string of the molecule is Cc1ccc(OCC(=O)NC23CC(CC(=O)C4CC(NCC(F)(F)F)c5cc(Cl)ccc5O4)(C2)C3)cc1F. The van der Waals surface area contributed by atoms with Gasteiger partial charge in [-0.1, -0.05) is 17.7 Å². The molecule has 4 aliphatic rings. The standard InChI is InChI=1S/C27H27ClF4N2O4/c1-15-2-4-17(7-19(15)29)37-10-24(36)34-26-11-25(12-26,13-26)9-21(35)23-8-20(33-14-27(30,31)32)18-6-16(28)3-5-22(18)38-23/h2-7,20,23,33H,8-14H2,1H3,(H,34,36). The highest BCUT2D eigenvalue weighted by molar-refractivity contribution is 6.30. The first kappa shape index (κ1) is 26.7. The van der Waals surface area contributed by atoms with Gasteiger partial charge in [0.1, 0.15) is 17.3 Å². The Kier molecular flexibility index (Phi) is 6.84. The number of Topliss-reactive ketones (excluding diaryl/α,β-unsaturated/α-hetero) is 1. The number of hydrogen-bond donors (Lipinski definition) is 2. The van der Waals surface area contributed by atoms with Crippen LogP contribution in [0.3, 0.4) is 0 Å². The third-order valence-electron chi connectivity index (χ3n) is 7.58. The lowest BCUT2D eigenvalue weighted by molar-refractivity contribution is -0.175. The number of nitrogens with one attached hydrogen (secondary N) is 2. The molecule has 0 spiro atoms. The van der Waals surface area contributed by atoms with E-state index in [-0.39, 0.29) is 47.8 Å². The summed E-state index contributed by atoms with van der Waals surface area (Å²) in [5, 5.41) is 5.82. The number of carbonyl (C=O) groups excluding carboxylic acids is 2. The summed E-state index contributed by atoms with van der Waals surface area (Å²) in [6, 6.07) is 8.36. The minimum absolute atomic E-state index is 0.0666. The Morgan fingerprint density at radius 1 is 1.16 bits per heavy atom. The number of alkyl halides is 3. The van der Waals surface area contributed by atoms with Crippen molar-refractivity contribution in [3.63, 3.8) is 0 Å². The summed E-state index contributed by atoms with van der Waals surface area (Å²) in [4.78, 5) is 25.5. The smallest absolute Gasteiger partial charge is 0.401 e. The molecule has 2 unspecified atom stereocenters. The number of rotatable bonds is 9. The van der Waals surface area contributed by atoms with Gasteiger partial charge in [0.25, 0.3) is 5.91 Å². The number of hydrogen-bond acceptors (Lipinski definition) is 5. The second-order valence-electron chi connectivity index (χ2n) is 10.8. The Hall–Kier alpha value is -2.85. The van der Waals surface area contributed by atoms with Crippen molar-refractivity contribution in [3.05, 3.63) is 58.4 Å². The van der Waals surface area contributed by atoms with Gasteiger partial charge in [-0.05, 0) is 61.4 Å². The molecular weight excluding hydrogens is 528 g/mol. The van der Waals surface area contributed by atoms with Crippen LogP contribution in [-0.4, -0.2) is 42.7 Å². The molecule has 2 aromatic carbocycles. The van der Waals surface area contributed by atoms with E-state index in [0.717, 1.165) is 0 Å². The monoisotopic (exact) mass is 554 g/mol. The molecule has 3 aliphatic carbocycles. The van der Waals surface area contributed by atoms with E-state index >= 15 is 0 Å². The molecular formula is C27H27ClF4N2O4. The molecule has 11 heteroatoms. The van der Waals surface area contributed by atoms with Gasteiger partial charge in [-0.15, -0.1) is 0 Å². The van der Waals surface area contributed by atoms with Crippen LogP contribution in [0.4, 0.5) is 17.6 Å². The Bertz CT molecular complexity index is 1250. The van der Waals surface area contributed by atoms with Gasteiger partial charge in [0.2, 0.25) is 0 Å².